The number of carbonyl (C=O) groups excluding carboxylic acids is 1. The van der Waals surface area contributed by atoms with Crippen LogP contribution in [0.5, 0.6) is 0 Å². The van der Waals surface area contributed by atoms with Gasteiger partial charge in [0.1, 0.15) is 0 Å². The molecule has 4 nitrogen and oxygen atoms in total. The first-order valence-electron chi connectivity index (χ1n) is 3.68. The molecule has 0 aliphatic carbocycles. The van der Waals surface area contributed by atoms with Crippen molar-refractivity contribution in [3.05, 3.63) is 17.5 Å². The zero-order valence-corrected chi connectivity index (χ0v) is 7.38. The van der Waals surface area contributed by atoms with Gasteiger partial charge < -0.3 is 0 Å². The molecule has 0 aromatic carbocycles. The van der Waals surface area contributed by atoms with Gasteiger partial charge >= 0.3 is 0 Å². The van der Waals surface area contributed by atoms with E-state index in [2.05, 4.69) is 15.3 Å². The molecule has 0 bridgehead atoms. The van der Waals surface area contributed by atoms with Gasteiger partial charge in [-0.2, -0.15) is 0 Å². The predicted molar refractivity (Wildman–Crippen MR) is 45.8 cm³/mol. The summed E-state index contributed by atoms with van der Waals surface area (Å²) >= 11 is 0. The van der Waals surface area contributed by atoms with Crippen LogP contribution in [0.25, 0.3) is 0 Å². The number of carbonyl (C=O) groups is 1. The van der Waals surface area contributed by atoms with Gasteiger partial charge in [-0.25, -0.2) is 9.97 Å². The lowest BCUT2D eigenvalue weighted by Gasteiger charge is -2.01. The Kier molecular flexibility index (Phi) is 2.38. The van der Waals surface area contributed by atoms with Crippen LogP contribution in [-0.4, -0.2) is 15.9 Å². The van der Waals surface area contributed by atoms with Crippen LogP contribution < -0.4 is 5.32 Å². The molecule has 0 spiro atoms. The molecule has 0 unspecified atom stereocenters. The summed E-state index contributed by atoms with van der Waals surface area (Å²) in [6, 6.07) is 1.85. The lowest BCUT2D eigenvalue weighted by Crippen LogP contribution is -2.10. The second-order valence-electron chi connectivity index (χ2n) is 2.66. The fraction of sp³-hybridized carbons (Fsp3) is 0.375. The number of aromatic nitrogens is 2. The molecule has 1 heterocycles. The van der Waals surface area contributed by atoms with Crippen LogP contribution in [0, 0.1) is 13.8 Å². The number of anilines is 1. The summed E-state index contributed by atoms with van der Waals surface area (Å²) in [5, 5.41) is 2.53. The molecule has 0 saturated carbocycles. The van der Waals surface area contributed by atoms with Crippen LogP contribution in [0.15, 0.2) is 6.07 Å². The van der Waals surface area contributed by atoms with Crippen molar-refractivity contribution < 1.29 is 4.79 Å². The van der Waals surface area contributed by atoms with E-state index in [9.17, 15) is 4.79 Å². The summed E-state index contributed by atoms with van der Waals surface area (Å²) in [6.45, 7) is 5.15. The molecule has 12 heavy (non-hydrogen) atoms. The van der Waals surface area contributed by atoms with Crippen molar-refractivity contribution in [1.82, 2.24) is 9.97 Å². The number of aryl methyl sites for hydroxylation is 2. The molecule has 0 radical (unpaired) electrons. The average molecular weight is 165 g/mol. The third-order valence-corrected chi connectivity index (χ3v) is 1.27. The largest absolute Gasteiger partial charge is 0.295 e. The molecule has 64 valence electrons. The highest BCUT2D eigenvalue weighted by Crippen LogP contribution is 2.02. The second-order valence-corrected chi connectivity index (χ2v) is 2.66. The van der Waals surface area contributed by atoms with Crippen molar-refractivity contribution >= 4 is 11.9 Å². The van der Waals surface area contributed by atoms with Gasteiger partial charge in [-0.05, 0) is 19.9 Å². The van der Waals surface area contributed by atoms with Crippen molar-refractivity contribution in [2.75, 3.05) is 5.32 Å². The van der Waals surface area contributed by atoms with Crippen LogP contribution in [0.1, 0.15) is 18.3 Å². The van der Waals surface area contributed by atoms with Gasteiger partial charge in [-0.15, -0.1) is 0 Å². The van der Waals surface area contributed by atoms with E-state index in [0.29, 0.717) is 5.95 Å². The zero-order valence-electron chi connectivity index (χ0n) is 7.38. The van der Waals surface area contributed by atoms with E-state index in [-0.39, 0.29) is 5.91 Å². The van der Waals surface area contributed by atoms with E-state index in [1.165, 1.54) is 6.92 Å². The van der Waals surface area contributed by atoms with Crippen molar-refractivity contribution in [3.63, 3.8) is 0 Å². The van der Waals surface area contributed by atoms with Gasteiger partial charge in [-0.3, -0.25) is 10.1 Å². The Bertz CT molecular complexity index is 289. The number of nitrogens with one attached hydrogen (secondary N) is 1. The Morgan fingerprint density at radius 2 is 1.83 bits per heavy atom. The highest BCUT2D eigenvalue weighted by molar-refractivity contribution is 5.86. The quantitative estimate of drug-likeness (QED) is 0.676. The Labute approximate surface area is 71.0 Å². The maximum Gasteiger partial charge on any atom is 0.229 e. The molecular formula is C8H11N3O. The van der Waals surface area contributed by atoms with Crippen LogP contribution in [-0.2, 0) is 4.79 Å². The summed E-state index contributed by atoms with van der Waals surface area (Å²) < 4.78 is 0. The number of hydrogen-bond donors (Lipinski definition) is 1. The molecule has 0 aliphatic heterocycles. The molecule has 0 fully saturated rings. The molecule has 1 rings (SSSR count). The zero-order chi connectivity index (χ0) is 9.14. The van der Waals surface area contributed by atoms with Gasteiger partial charge in [0, 0.05) is 18.3 Å². The first-order chi connectivity index (χ1) is 5.58. The minimum absolute atomic E-state index is 0.153. The molecule has 4 heteroatoms. The first kappa shape index (κ1) is 8.64. The van der Waals surface area contributed by atoms with E-state index in [1.54, 1.807) is 0 Å². The molecule has 1 N–H and O–H groups in total. The second kappa shape index (κ2) is 3.30. The van der Waals surface area contributed by atoms with Gasteiger partial charge in [0.2, 0.25) is 11.9 Å². The average Bonchev–Trinajstić information content (AvgIpc) is 1.81. The van der Waals surface area contributed by atoms with Crippen LogP contribution in [0.3, 0.4) is 0 Å². The third kappa shape index (κ3) is 2.30. The van der Waals surface area contributed by atoms with Crippen molar-refractivity contribution in [2.45, 2.75) is 20.8 Å². The molecular weight excluding hydrogens is 154 g/mol. The predicted octanol–water partition coefficient (Wildman–Crippen LogP) is 1.05. The summed E-state index contributed by atoms with van der Waals surface area (Å²) in [4.78, 5) is 18.7. The van der Waals surface area contributed by atoms with E-state index in [0.717, 1.165) is 11.4 Å². The van der Waals surface area contributed by atoms with Gasteiger partial charge in [0.15, 0.2) is 0 Å². The van der Waals surface area contributed by atoms with Gasteiger partial charge in [0.05, 0.1) is 0 Å². The monoisotopic (exact) mass is 165 g/mol. The highest BCUT2D eigenvalue weighted by atomic mass is 16.1. The molecule has 1 aromatic rings. The van der Waals surface area contributed by atoms with Gasteiger partial charge in [0.25, 0.3) is 0 Å². The number of nitrogens with zero attached hydrogens (tertiary/aromatic N) is 2. The Balaban J connectivity index is 2.93. The molecule has 1 amide bonds. The fourth-order valence-corrected chi connectivity index (χ4v) is 0.939. The number of rotatable bonds is 1. The molecule has 0 aliphatic rings. The minimum Gasteiger partial charge on any atom is -0.295 e. The highest BCUT2D eigenvalue weighted by Gasteiger charge is 1.99. The molecule has 1 aromatic heterocycles. The van der Waals surface area contributed by atoms with E-state index in [1.807, 2.05) is 19.9 Å². The summed E-state index contributed by atoms with van der Waals surface area (Å²) in [5.41, 5.74) is 1.71. The summed E-state index contributed by atoms with van der Waals surface area (Å²) in [7, 11) is 0. The number of hydrogen-bond acceptors (Lipinski definition) is 3. The normalized spacial score (nSPS) is 9.58. The van der Waals surface area contributed by atoms with Crippen molar-refractivity contribution in [2.24, 2.45) is 0 Å². The molecule has 0 saturated heterocycles. The summed E-state index contributed by atoms with van der Waals surface area (Å²) in [6.07, 6.45) is 0. The third-order valence-electron chi connectivity index (χ3n) is 1.27. The Morgan fingerprint density at radius 3 is 2.25 bits per heavy atom. The van der Waals surface area contributed by atoms with Crippen LogP contribution in [0.2, 0.25) is 0 Å². The standard InChI is InChI=1S/C8H11N3O/c1-5-4-6(2)10-8(9-5)11-7(3)12/h4H,1-3H3,(H,9,10,11,12). The van der Waals surface area contributed by atoms with Gasteiger partial charge in [-0.1, -0.05) is 0 Å². The first-order valence-corrected chi connectivity index (χ1v) is 3.68. The SMILES string of the molecule is CC(=O)Nc1nc(C)cc(C)n1. The Hall–Kier alpha value is -1.45. The van der Waals surface area contributed by atoms with E-state index < -0.39 is 0 Å². The number of amides is 1. The van der Waals surface area contributed by atoms with Crippen molar-refractivity contribution in [3.8, 4) is 0 Å². The molecule has 0 atom stereocenters. The van der Waals surface area contributed by atoms with Crippen LogP contribution >= 0.6 is 0 Å². The topological polar surface area (TPSA) is 54.9 Å². The Morgan fingerprint density at radius 1 is 1.33 bits per heavy atom. The van der Waals surface area contributed by atoms with Crippen molar-refractivity contribution in [1.29, 1.82) is 0 Å². The summed E-state index contributed by atoms with van der Waals surface area (Å²) in [5.74, 6) is 0.222. The smallest absolute Gasteiger partial charge is 0.229 e. The maximum atomic E-state index is 10.6. The fourth-order valence-electron chi connectivity index (χ4n) is 0.939. The lowest BCUT2D eigenvalue weighted by molar-refractivity contribution is -0.114. The maximum absolute atomic E-state index is 10.6. The minimum atomic E-state index is -0.153. The van der Waals surface area contributed by atoms with E-state index >= 15 is 0 Å². The lowest BCUT2D eigenvalue weighted by atomic mass is 10.4. The van der Waals surface area contributed by atoms with E-state index in [4.69, 9.17) is 0 Å². The van der Waals surface area contributed by atoms with Crippen LogP contribution in [0.4, 0.5) is 5.95 Å².